The number of fused-ring (bicyclic) bond motifs is 1. The summed E-state index contributed by atoms with van der Waals surface area (Å²) in [5, 5.41) is 14.2. The van der Waals surface area contributed by atoms with E-state index in [1.165, 1.54) is 18.2 Å². The Kier molecular flexibility index (Phi) is 3.63. The second-order valence-corrected chi connectivity index (χ2v) is 5.85. The first kappa shape index (κ1) is 14.0. The number of hydrogen-bond donors (Lipinski definition) is 1. The van der Waals surface area contributed by atoms with Crippen LogP contribution in [0, 0.1) is 15.9 Å². The molecule has 1 N–H and O–H groups in total. The van der Waals surface area contributed by atoms with E-state index in [2.05, 4.69) is 21.2 Å². The Balaban J connectivity index is 1.89. The minimum atomic E-state index is -0.421. The Labute approximate surface area is 129 Å². The summed E-state index contributed by atoms with van der Waals surface area (Å²) >= 11 is 3.39. The molecule has 1 aliphatic carbocycles. The van der Waals surface area contributed by atoms with Gasteiger partial charge in [-0.1, -0.05) is 6.07 Å². The lowest BCUT2D eigenvalue weighted by Crippen LogP contribution is -2.08. The van der Waals surface area contributed by atoms with Crippen LogP contribution in [0.4, 0.5) is 15.8 Å². The van der Waals surface area contributed by atoms with E-state index in [9.17, 15) is 14.5 Å². The molecule has 4 nitrogen and oxygen atoms in total. The SMILES string of the molecule is O=[N+]([O-])c1ccc(Br)c(NC2CCc3cc(F)ccc32)c1. The van der Waals surface area contributed by atoms with Gasteiger partial charge >= 0.3 is 0 Å². The normalized spacial score (nSPS) is 16.6. The second kappa shape index (κ2) is 5.44. The van der Waals surface area contributed by atoms with Gasteiger partial charge in [0.1, 0.15) is 5.82 Å². The van der Waals surface area contributed by atoms with Crippen molar-refractivity contribution in [3.63, 3.8) is 0 Å². The molecule has 0 fully saturated rings. The Hall–Kier alpha value is -1.95. The maximum absolute atomic E-state index is 13.2. The summed E-state index contributed by atoms with van der Waals surface area (Å²) < 4.78 is 14.0. The highest BCUT2D eigenvalue weighted by atomic mass is 79.9. The first-order valence-electron chi connectivity index (χ1n) is 6.53. The molecule has 0 saturated heterocycles. The van der Waals surface area contributed by atoms with Crippen molar-refractivity contribution in [3.8, 4) is 0 Å². The van der Waals surface area contributed by atoms with E-state index < -0.39 is 4.92 Å². The fourth-order valence-corrected chi connectivity index (χ4v) is 3.02. The van der Waals surface area contributed by atoms with Gasteiger partial charge in [0.25, 0.3) is 5.69 Å². The molecular formula is C15H12BrFN2O2. The molecular weight excluding hydrogens is 339 g/mol. The minimum absolute atomic E-state index is 0.0398. The molecule has 6 heteroatoms. The fraction of sp³-hybridized carbons (Fsp3) is 0.200. The number of rotatable bonds is 3. The molecule has 0 amide bonds. The molecule has 0 aliphatic heterocycles. The van der Waals surface area contributed by atoms with E-state index in [-0.39, 0.29) is 17.5 Å². The lowest BCUT2D eigenvalue weighted by atomic mass is 10.1. The summed E-state index contributed by atoms with van der Waals surface area (Å²) in [5.41, 5.74) is 2.76. The number of halogens is 2. The Morgan fingerprint density at radius 2 is 2.10 bits per heavy atom. The second-order valence-electron chi connectivity index (χ2n) is 5.00. The third-order valence-corrected chi connectivity index (χ3v) is 4.36. The maximum atomic E-state index is 13.2. The van der Waals surface area contributed by atoms with Gasteiger partial charge in [-0.25, -0.2) is 4.39 Å². The van der Waals surface area contributed by atoms with Crippen LogP contribution in [0.2, 0.25) is 0 Å². The summed E-state index contributed by atoms with van der Waals surface area (Å²) in [4.78, 5) is 10.4. The average molecular weight is 351 g/mol. The Morgan fingerprint density at radius 3 is 2.86 bits per heavy atom. The predicted molar refractivity (Wildman–Crippen MR) is 81.9 cm³/mol. The van der Waals surface area contributed by atoms with Crippen LogP contribution >= 0.6 is 15.9 Å². The molecule has 0 bridgehead atoms. The summed E-state index contributed by atoms with van der Waals surface area (Å²) in [5.74, 6) is -0.231. The molecule has 1 unspecified atom stereocenters. The molecule has 2 aromatic rings. The lowest BCUT2D eigenvalue weighted by Gasteiger charge is -2.16. The quantitative estimate of drug-likeness (QED) is 0.650. The van der Waals surface area contributed by atoms with Gasteiger partial charge in [-0.2, -0.15) is 0 Å². The number of benzene rings is 2. The van der Waals surface area contributed by atoms with Gasteiger partial charge in [-0.05, 0) is 58.1 Å². The summed E-state index contributed by atoms with van der Waals surface area (Å²) in [6.07, 6.45) is 1.64. The molecule has 1 aliphatic rings. The summed E-state index contributed by atoms with van der Waals surface area (Å²) in [6, 6.07) is 9.43. The topological polar surface area (TPSA) is 55.2 Å². The molecule has 1 atom stereocenters. The number of anilines is 1. The largest absolute Gasteiger partial charge is 0.377 e. The van der Waals surface area contributed by atoms with Crippen LogP contribution in [0.5, 0.6) is 0 Å². The van der Waals surface area contributed by atoms with Gasteiger partial charge in [0.2, 0.25) is 0 Å². The van der Waals surface area contributed by atoms with E-state index in [1.807, 2.05) is 0 Å². The molecule has 2 aromatic carbocycles. The third kappa shape index (κ3) is 2.76. The highest BCUT2D eigenvalue weighted by molar-refractivity contribution is 9.10. The Bertz CT molecular complexity index is 721. The van der Waals surface area contributed by atoms with E-state index in [4.69, 9.17) is 0 Å². The molecule has 108 valence electrons. The fourth-order valence-electron chi connectivity index (χ4n) is 2.66. The van der Waals surface area contributed by atoms with Crippen LogP contribution in [-0.2, 0) is 6.42 Å². The maximum Gasteiger partial charge on any atom is 0.271 e. The van der Waals surface area contributed by atoms with Gasteiger partial charge in [0.15, 0.2) is 0 Å². The zero-order valence-electron chi connectivity index (χ0n) is 11.0. The van der Waals surface area contributed by atoms with Crippen LogP contribution in [0.3, 0.4) is 0 Å². The van der Waals surface area contributed by atoms with Crippen LogP contribution < -0.4 is 5.32 Å². The van der Waals surface area contributed by atoms with Crippen LogP contribution in [0.15, 0.2) is 40.9 Å². The molecule has 0 aromatic heterocycles. The summed E-state index contributed by atoms with van der Waals surface area (Å²) in [6.45, 7) is 0. The van der Waals surface area contributed by atoms with Crippen LogP contribution in [0.1, 0.15) is 23.6 Å². The van der Waals surface area contributed by atoms with E-state index >= 15 is 0 Å². The van der Waals surface area contributed by atoms with E-state index in [1.54, 1.807) is 18.2 Å². The highest BCUT2D eigenvalue weighted by Gasteiger charge is 2.23. The van der Waals surface area contributed by atoms with Crippen LogP contribution in [0.25, 0.3) is 0 Å². The zero-order valence-corrected chi connectivity index (χ0v) is 12.6. The molecule has 0 saturated carbocycles. The number of aryl methyl sites for hydroxylation is 1. The van der Waals surface area contributed by atoms with Crippen molar-refractivity contribution in [1.29, 1.82) is 0 Å². The number of nitrogens with zero attached hydrogens (tertiary/aromatic N) is 1. The smallest absolute Gasteiger partial charge is 0.271 e. The number of nitro groups is 1. The standard InChI is InChI=1S/C15H12BrFN2O2/c16-13-5-3-11(19(20)21)8-15(13)18-14-6-1-9-7-10(17)2-4-12(9)14/h2-5,7-8,14,18H,1,6H2. The average Bonchev–Trinajstić information content (AvgIpc) is 2.83. The van der Waals surface area contributed by atoms with Crippen molar-refractivity contribution in [1.82, 2.24) is 0 Å². The number of hydrogen-bond acceptors (Lipinski definition) is 3. The first-order chi connectivity index (χ1) is 10.0. The van der Waals surface area contributed by atoms with E-state index in [0.717, 1.165) is 28.4 Å². The first-order valence-corrected chi connectivity index (χ1v) is 7.32. The molecule has 0 spiro atoms. The highest BCUT2D eigenvalue weighted by Crippen LogP contribution is 2.37. The van der Waals surface area contributed by atoms with Gasteiger partial charge in [-0.3, -0.25) is 10.1 Å². The third-order valence-electron chi connectivity index (χ3n) is 3.67. The lowest BCUT2D eigenvalue weighted by molar-refractivity contribution is -0.384. The summed E-state index contributed by atoms with van der Waals surface area (Å²) in [7, 11) is 0. The molecule has 3 rings (SSSR count). The predicted octanol–water partition coefficient (Wildman–Crippen LogP) is 4.60. The van der Waals surface area contributed by atoms with Gasteiger partial charge in [0.05, 0.1) is 16.7 Å². The van der Waals surface area contributed by atoms with Gasteiger partial charge < -0.3 is 5.32 Å². The van der Waals surface area contributed by atoms with E-state index in [0.29, 0.717) is 5.69 Å². The number of nitrogens with one attached hydrogen (secondary N) is 1. The minimum Gasteiger partial charge on any atom is -0.377 e. The zero-order chi connectivity index (χ0) is 15.0. The monoisotopic (exact) mass is 350 g/mol. The van der Waals surface area contributed by atoms with Crippen molar-refractivity contribution >= 4 is 27.3 Å². The number of nitro benzene ring substituents is 1. The van der Waals surface area contributed by atoms with Crippen molar-refractivity contribution in [3.05, 3.63) is 67.9 Å². The van der Waals surface area contributed by atoms with Crippen LogP contribution in [-0.4, -0.2) is 4.92 Å². The van der Waals surface area contributed by atoms with Gasteiger partial charge in [-0.15, -0.1) is 0 Å². The molecule has 0 radical (unpaired) electrons. The number of non-ortho nitro benzene ring substituents is 1. The van der Waals surface area contributed by atoms with Crippen molar-refractivity contribution < 1.29 is 9.31 Å². The van der Waals surface area contributed by atoms with Crippen molar-refractivity contribution in [2.75, 3.05) is 5.32 Å². The Morgan fingerprint density at radius 1 is 1.29 bits per heavy atom. The van der Waals surface area contributed by atoms with Gasteiger partial charge in [0, 0.05) is 16.6 Å². The van der Waals surface area contributed by atoms with Crippen molar-refractivity contribution in [2.24, 2.45) is 0 Å². The molecule has 21 heavy (non-hydrogen) atoms. The molecule has 0 heterocycles. The van der Waals surface area contributed by atoms with Crippen molar-refractivity contribution in [2.45, 2.75) is 18.9 Å².